The molecule has 1 rings (SSSR count). The monoisotopic (exact) mass is 332 g/mol. The maximum absolute atomic E-state index is 11.9. The summed E-state index contributed by atoms with van der Waals surface area (Å²) in [6.45, 7) is 0. The van der Waals surface area contributed by atoms with E-state index in [9.17, 15) is 13.2 Å². The van der Waals surface area contributed by atoms with Crippen LogP contribution >= 0.6 is 12.2 Å². The second-order valence-corrected chi connectivity index (χ2v) is 6.31. The fourth-order valence-corrected chi connectivity index (χ4v) is 2.64. The van der Waals surface area contributed by atoms with Crippen LogP contribution in [0.3, 0.4) is 0 Å². The zero-order valence-corrected chi connectivity index (χ0v) is 13.2. The van der Waals surface area contributed by atoms with E-state index in [1.807, 2.05) is 0 Å². The number of ether oxygens (including phenoxy) is 2. The van der Waals surface area contributed by atoms with Crippen LogP contribution in [-0.4, -0.2) is 39.3 Å². The fourth-order valence-electron chi connectivity index (χ4n) is 1.47. The van der Waals surface area contributed by atoms with Crippen molar-refractivity contribution in [1.29, 1.82) is 0 Å². The Morgan fingerprint density at radius 2 is 2.05 bits per heavy atom. The number of anilines is 1. The first kappa shape index (κ1) is 17.2. The molecule has 0 aliphatic rings. The zero-order chi connectivity index (χ0) is 16.0. The molecule has 0 spiro atoms. The van der Waals surface area contributed by atoms with Crippen LogP contribution in [0.4, 0.5) is 5.69 Å². The van der Waals surface area contributed by atoms with Crippen LogP contribution in [0, 0.1) is 0 Å². The number of sulfonamides is 1. The van der Waals surface area contributed by atoms with Crippen molar-refractivity contribution in [1.82, 2.24) is 0 Å². The summed E-state index contributed by atoms with van der Waals surface area (Å²) in [4.78, 5) is 11.2. The number of thiocarbonyl (C=S) groups is 1. The van der Waals surface area contributed by atoms with E-state index in [-0.39, 0.29) is 28.6 Å². The molecule has 1 aromatic carbocycles. The maximum Gasteiger partial charge on any atom is 0.306 e. The van der Waals surface area contributed by atoms with Gasteiger partial charge in [0.15, 0.2) is 0 Å². The standard InChI is InChI=1S/C12H16N2O5S2/c1-18-10-7-8(12(13)20)3-4-9(10)14-21(16,17)6-5-11(15)19-2/h3-4,7,14H,5-6H2,1-2H3,(H2,13,20). The SMILES string of the molecule is COC(=O)CCS(=O)(=O)Nc1ccc(C(N)=S)cc1OC. The van der Waals surface area contributed by atoms with Crippen molar-refractivity contribution in [2.75, 3.05) is 24.7 Å². The molecule has 0 aliphatic heterocycles. The molecule has 0 amide bonds. The van der Waals surface area contributed by atoms with Gasteiger partial charge in [-0.25, -0.2) is 8.42 Å². The fraction of sp³-hybridized carbons (Fsp3) is 0.333. The highest BCUT2D eigenvalue weighted by molar-refractivity contribution is 7.92. The Labute approximate surface area is 128 Å². The Bertz CT molecular complexity index is 643. The Kier molecular flexibility index (Phi) is 5.91. The third kappa shape index (κ3) is 5.20. The first-order chi connectivity index (χ1) is 9.79. The van der Waals surface area contributed by atoms with Crippen LogP contribution in [0.25, 0.3) is 0 Å². The van der Waals surface area contributed by atoms with E-state index in [2.05, 4.69) is 9.46 Å². The molecular weight excluding hydrogens is 316 g/mol. The van der Waals surface area contributed by atoms with Gasteiger partial charge in [-0.3, -0.25) is 9.52 Å². The third-order valence-corrected chi connectivity index (χ3v) is 4.06. The Morgan fingerprint density at radius 1 is 1.38 bits per heavy atom. The lowest BCUT2D eigenvalue weighted by Crippen LogP contribution is -2.20. The smallest absolute Gasteiger partial charge is 0.306 e. The van der Waals surface area contributed by atoms with Crippen molar-refractivity contribution in [3.8, 4) is 5.75 Å². The summed E-state index contributed by atoms with van der Waals surface area (Å²) in [6, 6.07) is 4.59. The highest BCUT2D eigenvalue weighted by Gasteiger charge is 2.16. The van der Waals surface area contributed by atoms with Gasteiger partial charge in [-0.05, 0) is 18.2 Å². The summed E-state index contributed by atoms with van der Waals surface area (Å²) >= 11 is 4.84. The van der Waals surface area contributed by atoms with Crippen LogP contribution in [0.2, 0.25) is 0 Å². The van der Waals surface area contributed by atoms with E-state index < -0.39 is 16.0 Å². The van der Waals surface area contributed by atoms with Crippen molar-refractivity contribution < 1.29 is 22.7 Å². The van der Waals surface area contributed by atoms with Crippen LogP contribution in [0.5, 0.6) is 5.75 Å². The third-order valence-electron chi connectivity index (χ3n) is 2.55. The molecule has 116 valence electrons. The highest BCUT2D eigenvalue weighted by Crippen LogP contribution is 2.26. The molecule has 0 fully saturated rings. The number of nitrogens with one attached hydrogen (secondary N) is 1. The van der Waals surface area contributed by atoms with Gasteiger partial charge in [0.25, 0.3) is 0 Å². The van der Waals surface area contributed by atoms with Gasteiger partial charge in [0, 0.05) is 5.56 Å². The second kappa shape index (κ2) is 7.23. The van der Waals surface area contributed by atoms with Gasteiger partial charge in [-0.2, -0.15) is 0 Å². The quantitative estimate of drug-likeness (QED) is 0.557. The van der Waals surface area contributed by atoms with Gasteiger partial charge in [0.2, 0.25) is 10.0 Å². The first-order valence-electron chi connectivity index (χ1n) is 5.84. The molecule has 0 saturated carbocycles. The normalized spacial score (nSPS) is 10.8. The molecule has 0 radical (unpaired) electrons. The minimum absolute atomic E-state index is 0.174. The van der Waals surface area contributed by atoms with Gasteiger partial charge in [-0.1, -0.05) is 12.2 Å². The van der Waals surface area contributed by atoms with Gasteiger partial charge in [0.05, 0.1) is 32.1 Å². The van der Waals surface area contributed by atoms with Gasteiger partial charge in [-0.15, -0.1) is 0 Å². The number of hydrogen-bond acceptors (Lipinski definition) is 6. The topological polar surface area (TPSA) is 108 Å². The Hall–Kier alpha value is -1.87. The first-order valence-corrected chi connectivity index (χ1v) is 7.90. The number of carbonyl (C=O) groups excluding carboxylic acids is 1. The molecule has 0 aliphatic carbocycles. The number of rotatable bonds is 7. The molecule has 21 heavy (non-hydrogen) atoms. The summed E-state index contributed by atoms with van der Waals surface area (Å²) in [5.74, 6) is -0.710. The number of nitrogens with two attached hydrogens (primary N) is 1. The van der Waals surface area contributed by atoms with E-state index in [1.54, 1.807) is 6.07 Å². The van der Waals surface area contributed by atoms with E-state index in [0.717, 1.165) is 0 Å². The zero-order valence-electron chi connectivity index (χ0n) is 11.6. The molecule has 0 aromatic heterocycles. The number of methoxy groups -OCH3 is 2. The van der Waals surface area contributed by atoms with Gasteiger partial charge < -0.3 is 15.2 Å². The van der Waals surface area contributed by atoms with E-state index in [0.29, 0.717) is 5.56 Å². The number of esters is 1. The highest BCUT2D eigenvalue weighted by atomic mass is 32.2. The van der Waals surface area contributed by atoms with Crippen LogP contribution in [0.15, 0.2) is 18.2 Å². The second-order valence-electron chi connectivity index (χ2n) is 4.03. The Morgan fingerprint density at radius 3 is 2.57 bits per heavy atom. The lowest BCUT2D eigenvalue weighted by atomic mass is 10.2. The van der Waals surface area contributed by atoms with Crippen LogP contribution < -0.4 is 15.2 Å². The van der Waals surface area contributed by atoms with Gasteiger partial charge in [0.1, 0.15) is 10.7 Å². The molecule has 0 bridgehead atoms. The number of carbonyl (C=O) groups is 1. The number of benzene rings is 1. The minimum Gasteiger partial charge on any atom is -0.495 e. The molecule has 7 nitrogen and oxygen atoms in total. The summed E-state index contributed by atoms with van der Waals surface area (Å²) in [7, 11) is -1.11. The van der Waals surface area contributed by atoms with Crippen LogP contribution in [0.1, 0.15) is 12.0 Å². The predicted molar refractivity (Wildman–Crippen MR) is 82.9 cm³/mol. The molecule has 0 unspecified atom stereocenters. The van der Waals surface area contributed by atoms with Crippen LogP contribution in [-0.2, 0) is 19.6 Å². The van der Waals surface area contributed by atoms with Gasteiger partial charge >= 0.3 is 5.97 Å². The summed E-state index contributed by atoms with van der Waals surface area (Å²) in [6.07, 6.45) is -0.237. The largest absolute Gasteiger partial charge is 0.495 e. The van der Waals surface area contributed by atoms with Crippen molar-refractivity contribution >= 4 is 38.9 Å². The molecule has 1 aromatic rings. The molecule has 0 saturated heterocycles. The van der Waals surface area contributed by atoms with E-state index in [4.69, 9.17) is 22.7 Å². The van der Waals surface area contributed by atoms with Crippen molar-refractivity contribution in [2.45, 2.75) is 6.42 Å². The van der Waals surface area contributed by atoms with E-state index >= 15 is 0 Å². The maximum atomic E-state index is 11.9. The molecule has 9 heteroatoms. The average molecular weight is 332 g/mol. The molecule has 3 N–H and O–H groups in total. The van der Waals surface area contributed by atoms with E-state index in [1.165, 1.54) is 26.4 Å². The molecule has 0 heterocycles. The molecular formula is C12H16N2O5S2. The lowest BCUT2D eigenvalue weighted by molar-refractivity contribution is -0.140. The summed E-state index contributed by atoms with van der Waals surface area (Å²) < 4.78 is 35.6. The molecule has 0 atom stereocenters. The predicted octanol–water partition coefficient (Wildman–Crippen LogP) is 0.634. The minimum atomic E-state index is -3.70. The summed E-state index contributed by atoms with van der Waals surface area (Å²) in [5, 5.41) is 0. The Balaban J connectivity index is 2.91. The average Bonchev–Trinajstić information content (AvgIpc) is 2.44. The number of hydrogen-bond donors (Lipinski definition) is 2. The lowest BCUT2D eigenvalue weighted by Gasteiger charge is -2.12. The summed E-state index contributed by atoms with van der Waals surface area (Å²) in [5.41, 5.74) is 6.29. The van der Waals surface area contributed by atoms with Crippen molar-refractivity contribution in [2.24, 2.45) is 5.73 Å². The van der Waals surface area contributed by atoms with Crippen molar-refractivity contribution in [3.63, 3.8) is 0 Å². The van der Waals surface area contributed by atoms with Crippen molar-refractivity contribution in [3.05, 3.63) is 23.8 Å².